The first-order valence-corrected chi connectivity index (χ1v) is 15.3. The number of methoxy groups -OCH3 is 1. The third-order valence-corrected chi connectivity index (χ3v) is 9.54. The van der Waals surface area contributed by atoms with Crippen LogP contribution in [-0.2, 0) is 25.4 Å². The molecule has 254 valence electrons. The number of aliphatic hydroxyl groups excluding tert-OH is 1. The number of aromatic hydroxyl groups is 2. The van der Waals surface area contributed by atoms with Crippen molar-refractivity contribution in [1.82, 2.24) is 4.90 Å². The summed E-state index contributed by atoms with van der Waals surface area (Å²) in [4.78, 5) is 47.1. The van der Waals surface area contributed by atoms with Gasteiger partial charge < -0.3 is 44.3 Å². The molecule has 0 radical (unpaired) electrons. The molecule has 47 heavy (non-hydrogen) atoms. The minimum atomic E-state index is -2.02. The van der Waals surface area contributed by atoms with Gasteiger partial charge in [-0.05, 0) is 26.8 Å². The first-order chi connectivity index (χ1) is 21.9. The zero-order valence-electron chi connectivity index (χ0n) is 26.5. The molecule has 2 aliphatic heterocycles. The van der Waals surface area contributed by atoms with Gasteiger partial charge in [-0.1, -0.05) is 12.1 Å². The largest absolute Gasteiger partial charge is 0.507 e. The van der Waals surface area contributed by atoms with Gasteiger partial charge in [-0.2, -0.15) is 0 Å². The molecular weight excluding hydrogens is 636 g/mol. The number of carbonyl (C=O) groups excluding carboxylic acids is 3. The second kappa shape index (κ2) is 13.1. The number of aliphatic hydroxyl groups is 2. The number of carbonyl (C=O) groups is 3. The molecule has 2 saturated heterocycles. The molecule has 2 aromatic rings. The second-order valence-electron chi connectivity index (χ2n) is 12.3. The van der Waals surface area contributed by atoms with Gasteiger partial charge in [-0.25, -0.2) is 0 Å². The highest BCUT2D eigenvalue weighted by Crippen LogP contribution is 2.52. The van der Waals surface area contributed by atoms with Crippen LogP contribution in [0, 0.1) is 0 Å². The number of fused-ring (bicyclic) bond motifs is 3. The molecule has 6 rings (SSSR count). The summed E-state index contributed by atoms with van der Waals surface area (Å²) in [6, 6.07) is 3.84. The summed E-state index contributed by atoms with van der Waals surface area (Å²) in [6.45, 7) is 7.18. The molecular formula is C33H39ClN2O11. The first kappa shape index (κ1) is 34.7. The quantitative estimate of drug-likeness (QED) is 0.176. The predicted octanol–water partition coefficient (Wildman–Crippen LogP) is 2.24. The number of phenols is 2. The molecule has 2 heterocycles. The van der Waals surface area contributed by atoms with Gasteiger partial charge in [0.15, 0.2) is 17.9 Å². The van der Waals surface area contributed by atoms with Crippen LogP contribution in [-0.4, -0.2) is 112 Å². The lowest BCUT2D eigenvalue weighted by atomic mass is 9.72. The highest BCUT2D eigenvalue weighted by atomic mass is 35.5. The number of nitrogens with zero attached hydrogens (tertiary/aromatic N) is 2. The van der Waals surface area contributed by atoms with Gasteiger partial charge in [-0.15, -0.1) is 12.4 Å². The molecule has 0 amide bonds. The third-order valence-electron chi connectivity index (χ3n) is 9.54. The Morgan fingerprint density at radius 3 is 2.40 bits per heavy atom. The van der Waals surface area contributed by atoms with Gasteiger partial charge in [-0.3, -0.25) is 19.4 Å². The monoisotopic (exact) mass is 674 g/mol. The van der Waals surface area contributed by atoms with Gasteiger partial charge in [0.2, 0.25) is 5.78 Å². The van der Waals surface area contributed by atoms with E-state index in [0.717, 1.165) is 5.84 Å². The van der Waals surface area contributed by atoms with Gasteiger partial charge in [0.05, 0.1) is 61.1 Å². The molecule has 4 N–H and O–H groups in total. The Morgan fingerprint density at radius 2 is 1.74 bits per heavy atom. The van der Waals surface area contributed by atoms with Crippen LogP contribution in [0.4, 0.5) is 0 Å². The number of morpholine rings is 1. The van der Waals surface area contributed by atoms with Crippen LogP contribution >= 0.6 is 12.4 Å². The average Bonchev–Trinajstić information content (AvgIpc) is 3.03. The molecule has 6 atom stereocenters. The van der Waals surface area contributed by atoms with Gasteiger partial charge in [0, 0.05) is 49.0 Å². The summed E-state index contributed by atoms with van der Waals surface area (Å²) in [5.74, 6) is -2.45. The maximum Gasteiger partial charge on any atom is 0.202 e. The predicted molar refractivity (Wildman–Crippen MR) is 169 cm³/mol. The molecule has 2 aromatic carbocycles. The van der Waals surface area contributed by atoms with Crippen molar-refractivity contribution < 1.29 is 53.8 Å². The van der Waals surface area contributed by atoms with Crippen LogP contribution in [0.25, 0.3) is 0 Å². The Bertz CT molecular complexity index is 1640. The maximum absolute atomic E-state index is 13.9. The van der Waals surface area contributed by atoms with E-state index in [2.05, 4.69) is 4.90 Å². The third kappa shape index (κ3) is 5.89. The molecule has 4 aliphatic rings. The molecule has 2 aliphatic carbocycles. The van der Waals surface area contributed by atoms with Crippen molar-refractivity contribution in [3.8, 4) is 17.2 Å². The minimum Gasteiger partial charge on any atom is -0.507 e. The zero-order chi connectivity index (χ0) is 33.1. The molecule has 0 bridgehead atoms. The Kier molecular flexibility index (Phi) is 9.71. The molecule has 0 saturated carbocycles. The summed E-state index contributed by atoms with van der Waals surface area (Å²) in [5, 5.41) is 45.6. The number of ether oxygens (including phenoxy) is 4. The summed E-state index contributed by atoms with van der Waals surface area (Å²) in [6.07, 6.45) is -4.61. The number of benzene rings is 2. The summed E-state index contributed by atoms with van der Waals surface area (Å²) in [7, 11) is 1.35. The van der Waals surface area contributed by atoms with Crippen LogP contribution in [0.1, 0.15) is 82.7 Å². The number of halogens is 1. The number of Topliss-reactive ketones (excluding diaryl/α,β-unsaturated/α-hetero) is 1. The van der Waals surface area contributed by atoms with Crippen LogP contribution in [0.15, 0.2) is 23.2 Å². The number of rotatable bonds is 5. The van der Waals surface area contributed by atoms with Gasteiger partial charge in [0.25, 0.3) is 0 Å². The number of hydrogen-bond donors (Lipinski definition) is 4. The van der Waals surface area contributed by atoms with E-state index in [1.165, 1.54) is 32.2 Å². The van der Waals surface area contributed by atoms with Crippen molar-refractivity contribution in [2.45, 2.75) is 76.3 Å². The normalized spacial score (nSPS) is 28.9. The minimum absolute atomic E-state index is 0. The van der Waals surface area contributed by atoms with E-state index in [-0.39, 0.29) is 53.3 Å². The lowest BCUT2D eigenvalue weighted by Crippen LogP contribution is -2.50. The van der Waals surface area contributed by atoms with E-state index in [4.69, 9.17) is 23.9 Å². The SMILES string of the molecule is COc1cccc2c1C(=O)c1c(O)c3c(c(O)c1C2=O)CC(O)(C(C)=O)C[C@@H]3OC1C[C@H](N=C(C)N2CCOCC2)C(O)C(C)O1.Cl. The van der Waals surface area contributed by atoms with Crippen LogP contribution in [0.5, 0.6) is 17.2 Å². The van der Waals surface area contributed by atoms with Crippen molar-refractivity contribution in [1.29, 1.82) is 0 Å². The standard InChI is InChI=1S/C33H38N2O11.ClH/c1-15-28(37)20(34-17(3)35-8-10-44-11-9-35)12-23(45-15)46-22-14-33(42,16(2)36)13-19-25(22)32(41)27-26(30(19)39)29(38)18-6-5-7-21(43-4)24(18)31(27)40;/h5-7,15,20,22-23,28,37,39,41-42H,8-14H2,1-4H3;1H/t15?,20-,22-,23?,28?,33?;/m0./s1. The summed E-state index contributed by atoms with van der Waals surface area (Å²) in [5.41, 5.74) is -3.06. The fraction of sp³-hybridized carbons (Fsp3) is 0.515. The Labute approximate surface area is 277 Å². The van der Waals surface area contributed by atoms with Crippen molar-refractivity contribution in [2.75, 3.05) is 33.4 Å². The van der Waals surface area contributed by atoms with E-state index in [1.54, 1.807) is 6.92 Å². The molecule has 14 heteroatoms. The fourth-order valence-electron chi connectivity index (χ4n) is 6.94. The molecule has 0 spiro atoms. The Balaban J connectivity index is 0.00000433. The Hall–Kier alpha value is -3.59. The number of aliphatic imine (C=N–C) groups is 1. The van der Waals surface area contributed by atoms with Crippen molar-refractivity contribution in [3.63, 3.8) is 0 Å². The Morgan fingerprint density at radius 1 is 1.06 bits per heavy atom. The first-order valence-electron chi connectivity index (χ1n) is 15.3. The van der Waals surface area contributed by atoms with Gasteiger partial charge in [0.1, 0.15) is 29.0 Å². The van der Waals surface area contributed by atoms with Crippen LogP contribution < -0.4 is 4.74 Å². The zero-order valence-corrected chi connectivity index (χ0v) is 27.3. The summed E-state index contributed by atoms with van der Waals surface area (Å²) < 4.78 is 23.1. The van der Waals surface area contributed by atoms with Crippen LogP contribution in [0.2, 0.25) is 0 Å². The lowest BCUT2D eigenvalue weighted by molar-refractivity contribution is -0.247. The molecule has 13 nitrogen and oxygen atoms in total. The van der Waals surface area contributed by atoms with Crippen molar-refractivity contribution >= 4 is 35.6 Å². The summed E-state index contributed by atoms with van der Waals surface area (Å²) >= 11 is 0. The molecule has 2 fully saturated rings. The average molecular weight is 675 g/mol. The van der Waals surface area contributed by atoms with Crippen molar-refractivity contribution in [2.24, 2.45) is 4.99 Å². The van der Waals surface area contributed by atoms with E-state index in [9.17, 15) is 34.8 Å². The number of amidine groups is 1. The lowest BCUT2D eigenvalue weighted by Gasteiger charge is -2.42. The topological polar surface area (TPSA) is 185 Å². The van der Waals surface area contributed by atoms with Crippen molar-refractivity contribution in [3.05, 3.63) is 51.6 Å². The highest BCUT2D eigenvalue weighted by molar-refractivity contribution is 6.31. The highest BCUT2D eigenvalue weighted by Gasteiger charge is 2.49. The fourth-order valence-corrected chi connectivity index (χ4v) is 6.94. The van der Waals surface area contributed by atoms with E-state index in [1.807, 2.05) is 6.92 Å². The maximum atomic E-state index is 13.9. The molecule has 4 unspecified atom stereocenters. The molecule has 0 aromatic heterocycles. The van der Waals surface area contributed by atoms with E-state index in [0.29, 0.717) is 26.3 Å². The van der Waals surface area contributed by atoms with E-state index >= 15 is 0 Å². The second-order valence-corrected chi connectivity index (χ2v) is 12.3. The number of phenolic OH excluding ortho intramolecular Hbond substituents is 2. The smallest absolute Gasteiger partial charge is 0.202 e. The van der Waals surface area contributed by atoms with Crippen LogP contribution in [0.3, 0.4) is 0 Å². The van der Waals surface area contributed by atoms with Gasteiger partial charge >= 0.3 is 0 Å². The van der Waals surface area contributed by atoms with E-state index < -0.39 is 82.6 Å². The number of ketones is 3. The number of hydrogen-bond acceptors (Lipinski definition) is 12.